The second-order valence-corrected chi connectivity index (χ2v) is 10.3. The Labute approximate surface area is 224 Å². The van der Waals surface area contributed by atoms with Gasteiger partial charge in [-0.15, -0.1) is 0 Å². The molecule has 0 N–H and O–H groups in total. The summed E-state index contributed by atoms with van der Waals surface area (Å²) in [5.74, 6) is -1.43. The molecule has 2 amide bonds. The van der Waals surface area contributed by atoms with Crippen LogP contribution in [0, 0.1) is 17.2 Å². The van der Waals surface area contributed by atoms with Gasteiger partial charge in [-0.05, 0) is 48.7 Å². The van der Waals surface area contributed by atoms with Crippen molar-refractivity contribution in [2.75, 3.05) is 11.5 Å². The number of carbonyl (C=O) groups is 4. The lowest BCUT2D eigenvalue weighted by Gasteiger charge is -2.15. The number of ether oxygens (including phenoxy) is 1. The fraction of sp³-hybridized carbons (Fsp3) is 0.241. The first-order chi connectivity index (χ1) is 18.3. The lowest BCUT2D eigenvalue weighted by Crippen LogP contribution is -2.31. The maximum atomic E-state index is 13.2. The molecule has 192 valence electrons. The predicted octanol–water partition coefficient (Wildman–Crippen LogP) is 4.62. The van der Waals surface area contributed by atoms with E-state index in [9.17, 15) is 24.4 Å². The van der Waals surface area contributed by atoms with Gasteiger partial charge in [0.2, 0.25) is 11.8 Å². The number of thioether (sulfide) groups is 1. The summed E-state index contributed by atoms with van der Waals surface area (Å²) in [6, 6.07) is 20.0. The third-order valence-electron chi connectivity index (χ3n) is 5.81. The van der Waals surface area contributed by atoms with Crippen molar-refractivity contribution >= 4 is 41.0 Å². The molecule has 3 aromatic rings. The average molecular weight is 528 g/mol. The number of anilines is 1. The van der Waals surface area contributed by atoms with Gasteiger partial charge >= 0.3 is 5.97 Å². The van der Waals surface area contributed by atoms with Gasteiger partial charge in [0, 0.05) is 17.7 Å². The highest BCUT2D eigenvalue weighted by Gasteiger charge is 2.40. The molecule has 0 bridgehead atoms. The molecule has 1 aliphatic rings. The number of benzene rings is 2. The zero-order chi connectivity index (χ0) is 27.2. The average Bonchev–Trinajstić information content (AvgIpc) is 3.19. The maximum Gasteiger partial charge on any atom is 0.338 e. The number of nitrogens with zero attached hydrogens (tertiary/aromatic N) is 3. The van der Waals surface area contributed by atoms with Gasteiger partial charge in [0.05, 0.1) is 22.1 Å². The van der Waals surface area contributed by atoms with E-state index in [-0.39, 0.29) is 23.7 Å². The second-order valence-electron chi connectivity index (χ2n) is 9.16. The number of Topliss-reactive ketones (excluding diaryl/α,β-unsaturated/α-hetero) is 1. The molecule has 1 unspecified atom stereocenters. The highest BCUT2D eigenvalue weighted by atomic mass is 32.2. The van der Waals surface area contributed by atoms with Gasteiger partial charge in [0.1, 0.15) is 11.1 Å². The molecular formula is C29H25N3O5S. The van der Waals surface area contributed by atoms with Gasteiger partial charge in [-0.3, -0.25) is 14.4 Å². The van der Waals surface area contributed by atoms with Gasteiger partial charge in [-0.25, -0.2) is 14.7 Å². The minimum absolute atomic E-state index is 0.0319. The number of nitriles is 1. The Morgan fingerprint density at radius 1 is 1.05 bits per heavy atom. The van der Waals surface area contributed by atoms with Gasteiger partial charge in [-0.2, -0.15) is 5.26 Å². The molecule has 8 nitrogen and oxygen atoms in total. The molecule has 0 aliphatic carbocycles. The number of esters is 1. The van der Waals surface area contributed by atoms with Crippen molar-refractivity contribution < 1.29 is 23.9 Å². The zero-order valence-electron chi connectivity index (χ0n) is 20.9. The van der Waals surface area contributed by atoms with Crippen molar-refractivity contribution in [2.24, 2.45) is 5.92 Å². The van der Waals surface area contributed by atoms with Gasteiger partial charge in [-0.1, -0.05) is 55.9 Å². The summed E-state index contributed by atoms with van der Waals surface area (Å²) >= 11 is 1.12. The summed E-state index contributed by atoms with van der Waals surface area (Å²) in [4.78, 5) is 56.1. The second kappa shape index (κ2) is 11.8. The molecule has 1 aromatic heterocycles. The van der Waals surface area contributed by atoms with Crippen LogP contribution in [0.25, 0.3) is 0 Å². The number of pyridine rings is 1. The third-order valence-corrected chi connectivity index (χ3v) is 6.99. The standard InChI is InChI=1S/C29H25N3O5S/c1-18(2)14-22-11-8-21(16-30)27(31-22)38-25-15-26(34)32(28(25)35)23-12-9-20(10-13-23)29(36)37-17-24(33)19-6-4-3-5-7-19/h3-13,18,25H,14-15,17H2,1-2H3. The minimum Gasteiger partial charge on any atom is -0.454 e. The van der Waals surface area contributed by atoms with Crippen LogP contribution in [0.5, 0.6) is 0 Å². The van der Waals surface area contributed by atoms with Crippen molar-refractivity contribution in [3.8, 4) is 6.07 Å². The highest BCUT2D eigenvalue weighted by Crippen LogP contribution is 2.35. The van der Waals surface area contributed by atoms with Crippen LogP contribution < -0.4 is 4.90 Å². The normalized spacial score (nSPS) is 15.0. The van der Waals surface area contributed by atoms with Crippen LogP contribution in [0.15, 0.2) is 71.8 Å². The molecule has 2 aromatic carbocycles. The molecule has 0 spiro atoms. The van der Waals surface area contributed by atoms with Gasteiger partial charge in [0.15, 0.2) is 12.4 Å². The monoisotopic (exact) mass is 527 g/mol. The fourth-order valence-corrected chi connectivity index (χ4v) is 5.07. The first kappa shape index (κ1) is 26.8. The van der Waals surface area contributed by atoms with E-state index in [0.29, 0.717) is 27.8 Å². The number of hydrogen-bond donors (Lipinski definition) is 0. The lowest BCUT2D eigenvalue weighted by atomic mass is 10.1. The van der Waals surface area contributed by atoms with Crippen LogP contribution >= 0.6 is 11.8 Å². The van der Waals surface area contributed by atoms with E-state index in [4.69, 9.17) is 4.74 Å². The number of aromatic nitrogens is 1. The molecule has 1 aliphatic heterocycles. The summed E-state index contributed by atoms with van der Waals surface area (Å²) in [7, 11) is 0. The predicted molar refractivity (Wildman–Crippen MR) is 142 cm³/mol. The van der Waals surface area contributed by atoms with Crippen LogP contribution in [-0.2, 0) is 20.7 Å². The summed E-state index contributed by atoms with van der Waals surface area (Å²) in [6.07, 6.45) is 0.702. The molecule has 9 heteroatoms. The zero-order valence-corrected chi connectivity index (χ0v) is 21.7. The van der Waals surface area contributed by atoms with E-state index in [0.717, 1.165) is 28.8 Å². The Morgan fingerprint density at radius 3 is 2.42 bits per heavy atom. The highest BCUT2D eigenvalue weighted by molar-refractivity contribution is 8.00. The number of rotatable bonds is 9. The van der Waals surface area contributed by atoms with Crippen molar-refractivity contribution in [3.05, 3.63) is 89.1 Å². The number of ketones is 1. The Balaban J connectivity index is 1.42. The number of carbonyl (C=O) groups excluding carboxylic acids is 4. The van der Waals surface area contributed by atoms with Gasteiger partial charge < -0.3 is 4.74 Å². The molecule has 2 heterocycles. The van der Waals surface area contributed by atoms with E-state index >= 15 is 0 Å². The van der Waals surface area contributed by atoms with Crippen molar-refractivity contribution in [3.63, 3.8) is 0 Å². The Hall–Kier alpha value is -4.29. The third kappa shape index (κ3) is 6.15. The van der Waals surface area contributed by atoms with Crippen LogP contribution in [-0.4, -0.2) is 40.4 Å². The minimum atomic E-state index is -0.718. The van der Waals surface area contributed by atoms with Gasteiger partial charge in [0.25, 0.3) is 0 Å². The number of amides is 2. The Bertz CT molecular complexity index is 1410. The molecule has 0 radical (unpaired) electrons. The molecular weight excluding hydrogens is 502 g/mol. The van der Waals surface area contributed by atoms with Crippen LogP contribution in [0.4, 0.5) is 5.69 Å². The van der Waals surface area contributed by atoms with Crippen LogP contribution in [0.2, 0.25) is 0 Å². The molecule has 38 heavy (non-hydrogen) atoms. The first-order valence-corrected chi connectivity index (χ1v) is 12.9. The van der Waals surface area contributed by atoms with Crippen molar-refractivity contribution in [1.29, 1.82) is 5.26 Å². The SMILES string of the molecule is CC(C)Cc1ccc(C#N)c(SC2CC(=O)N(c3ccc(C(=O)OCC(=O)c4ccccc4)cc3)C2=O)n1. The van der Waals surface area contributed by atoms with E-state index in [1.807, 2.05) is 0 Å². The summed E-state index contributed by atoms with van der Waals surface area (Å²) < 4.78 is 5.12. The molecule has 4 rings (SSSR count). The molecule has 1 fully saturated rings. The summed E-state index contributed by atoms with van der Waals surface area (Å²) in [5.41, 5.74) is 2.13. The quantitative estimate of drug-likeness (QED) is 0.225. The maximum absolute atomic E-state index is 13.2. The van der Waals surface area contributed by atoms with Crippen molar-refractivity contribution in [2.45, 2.75) is 37.0 Å². The number of hydrogen-bond acceptors (Lipinski definition) is 8. The van der Waals surface area contributed by atoms with E-state index in [1.165, 1.54) is 24.3 Å². The van der Waals surface area contributed by atoms with Crippen LogP contribution in [0.3, 0.4) is 0 Å². The summed E-state index contributed by atoms with van der Waals surface area (Å²) in [6.45, 7) is 3.74. The summed E-state index contributed by atoms with van der Waals surface area (Å²) in [5, 5.41) is 9.20. The Kier molecular flexibility index (Phi) is 8.34. The lowest BCUT2D eigenvalue weighted by molar-refractivity contribution is -0.121. The van der Waals surface area contributed by atoms with E-state index in [2.05, 4.69) is 24.9 Å². The van der Waals surface area contributed by atoms with Crippen LogP contribution in [0.1, 0.15) is 52.2 Å². The van der Waals surface area contributed by atoms with E-state index in [1.54, 1.807) is 42.5 Å². The number of imide groups is 1. The van der Waals surface area contributed by atoms with Crippen molar-refractivity contribution in [1.82, 2.24) is 4.98 Å². The molecule has 0 saturated carbocycles. The first-order valence-electron chi connectivity index (χ1n) is 12.1. The Morgan fingerprint density at radius 2 is 1.76 bits per heavy atom. The molecule has 1 atom stereocenters. The molecule has 1 saturated heterocycles. The fourth-order valence-electron chi connectivity index (χ4n) is 3.96. The topological polar surface area (TPSA) is 117 Å². The largest absolute Gasteiger partial charge is 0.454 e. The van der Waals surface area contributed by atoms with E-state index < -0.39 is 23.7 Å². The smallest absolute Gasteiger partial charge is 0.338 e.